The van der Waals surface area contributed by atoms with Crippen LogP contribution >= 0.6 is 0 Å². The highest BCUT2D eigenvalue weighted by atomic mass is 19.4. The fourth-order valence-electron chi connectivity index (χ4n) is 1.61. The molecule has 114 valence electrons. The molecule has 0 aliphatic carbocycles. The highest BCUT2D eigenvalue weighted by molar-refractivity contribution is 5.52. The van der Waals surface area contributed by atoms with E-state index in [2.05, 4.69) is 20.8 Å². The zero-order valence-electron chi connectivity index (χ0n) is 11.4. The molecular weight excluding hydrogens is 285 g/mol. The van der Waals surface area contributed by atoms with E-state index in [-0.39, 0.29) is 6.01 Å². The molecule has 2 aromatic rings. The predicted molar refractivity (Wildman–Crippen MR) is 71.0 cm³/mol. The summed E-state index contributed by atoms with van der Waals surface area (Å²) in [5.41, 5.74) is -0.261. The topological polar surface area (TPSA) is 63.0 Å². The van der Waals surface area contributed by atoms with E-state index in [4.69, 9.17) is 4.42 Å². The lowest BCUT2D eigenvalue weighted by Gasteiger charge is -2.07. The fourth-order valence-corrected chi connectivity index (χ4v) is 1.61. The van der Waals surface area contributed by atoms with Crippen molar-refractivity contribution in [1.29, 1.82) is 0 Å². The molecule has 0 unspecified atom stereocenters. The van der Waals surface area contributed by atoms with Crippen molar-refractivity contribution in [2.45, 2.75) is 26.1 Å². The Morgan fingerprint density at radius 3 is 2.48 bits per heavy atom. The number of anilines is 2. The Kier molecular flexibility index (Phi) is 4.79. The number of rotatable bonds is 6. The minimum absolute atomic E-state index is 0.142. The second kappa shape index (κ2) is 6.57. The highest BCUT2D eigenvalue weighted by Crippen LogP contribution is 2.30. The van der Waals surface area contributed by atoms with Gasteiger partial charge in [0.05, 0.1) is 12.1 Å². The standard InChI is InChI=1S/C13H15F3N4O/c1-2-7-17-8-11-19-20-12(21-11)18-10-5-3-9(4-6-10)13(14,15)16/h3-6,17H,2,7-8H2,1H3,(H,18,20). The molecule has 8 heteroatoms. The summed E-state index contributed by atoms with van der Waals surface area (Å²) in [6.07, 6.45) is -3.36. The first-order valence-corrected chi connectivity index (χ1v) is 6.46. The van der Waals surface area contributed by atoms with Crippen molar-refractivity contribution in [3.63, 3.8) is 0 Å². The van der Waals surface area contributed by atoms with Gasteiger partial charge in [-0.1, -0.05) is 12.0 Å². The van der Waals surface area contributed by atoms with Gasteiger partial charge in [0, 0.05) is 5.69 Å². The van der Waals surface area contributed by atoms with E-state index in [1.165, 1.54) is 12.1 Å². The highest BCUT2D eigenvalue weighted by Gasteiger charge is 2.29. The second-order valence-corrected chi connectivity index (χ2v) is 4.38. The number of nitrogens with one attached hydrogen (secondary N) is 2. The largest absolute Gasteiger partial charge is 0.416 e. The van der Waals surface area contributed by atoms with Crippen LogP contribution in [0.15, 0.2) is 28.7 Å². The quantitative estimate of drug-likeness (QED) is 0.801. The van der Waals surface area contributed by atoms with Gasteiger partial charge in [-0.3, -0.25) is 0 Å². The van der Waals surface area contributed by atoms with E-state index in [1.807, 2.05) is 6.92 Å². The van der Waals surface area contributed by atoms with Crippen LogP contribution < -0.4 is 10.6 Å². The number of benzene rings is 1. The molecule has 2 N–H and O–H groups in total. The summed E-state index contributed by atoms with van der Waals surface area (Å²) in [5.74, 6) is 0.415. The first-order valence-electron chi connectivity index (χ1n) is 6.46. The second-order valence-electron chi connectivity index (χ2n) is 4.38. The lowest BCUT2D eigenvalue weighted by molar-refractivity contribution is -0.137. The third-order valence-electron chi connectivity index (χ3n) is 2.63. The molecule has 0 radical (unpaired) electrons. The summed E-state index contributed by atoms with van der Waals surface area (Å²) in [6.45, 7) is 3.33. The maximum Gasteiger partial charge on any atom is 0.416 e. The molecule has 0 atom stereocenters. The Morgan fingerprint density at radius 2 is 1.86 bits per heavy atom. The molecule has 5 nitrogen and oxygen atoms in total. The summed E-state index contributed by atoms with van der Waals surface area (Å²) >= 11 is 0. The van der Waals surface area contributed by atoms with Crippen LogP contribution in [0.25, 0.3) is 0 Å². The van der Waals surface area contributed by atoms with Gasteiger partial charge in [-0.05, 0) is 37.2 Å². The predicted octanol–water partition coefficient (Wildman–Crippen LogP) is 3.33. The molecule has 0 amide bonds. The molecule has 0 aliphatic heterocycles. The van der Waals surface area contributed by atoms with Gasteiger partial charge >= 0.3 is 12.2 Å². The third kappa shape index (κ3) is 4.45. The number of halogens is 3. The first-order chi connectivity index (χ1) is 9.99. The molecule has 0 aliphatic rings. The monoisotopic (exact) mass is 300 g/mol. The van der Waals surface area contributed by atoms with Crippen LogP contribution in [0.5, 0.6) is 0 Å². The molecule has 0 spiro atoms. The lowest BCUT2D eigenvalue weighted by Crippen LogP contribution is -2.13. The van der Waals surface area contributed by atoms with E-state index in [0.717, 1.165) is 25.1 Å². The molecule has 1 heterocycles. The minimum Gasteiger partial charge on any atom is -0.406 e. The molecular formula is C13H15F3N4O. The van der Waals surface area contributed by atoms with Gasteiger partial charge in [0.2, 0.25) is 5.89 Å². The van der Waals surface area contributed by atoms with Gasteiger partial charge in [-0.25, -0.2) is 0 Å². The van der Waals surface area contributed by atoms with Crippen LogP contribution in [0.2, 0.25) is 0 Å². The van der Waals surface area contributed by atoms with E-state index < -0.39 is 11.7 Å². The van der Waals surface area contributed by atoms with Gasteiger partial charge in [-0.15, -0.1) is 5.10 Å². The van der Waals surface area contributed by atoms with Crippen LogP contribution in [-0.2, 0) is 12.7 Å². The number of nitrogens with zero attached hydrogens (tertiary/aromatic N) is 2. The molecule has 2 rings (SSSR count). The van der Waals surface area contributed by atoms with Gasteiger partial charge in [0.25, 0.3) is 0 Å². The van der Waals surface area contributed by atoms with E-state index in [1.54, 1.807) is 0 Å². The van der Waals surface area contributed by atoms with Crippen molar-refractivity contribution in [2.24, 2.45) is 0 Å². The van der Waals surface area contributed by atoms with Gasteiger partial charge in [-0.2, -0.15) is 13.2 Å². The maximum absolute atomic E-state index is 12.4. The average Bonchev–Trinajstić information content (AvgIpc) is 2.86. The number of hydrogen-bond acceptors (Lipinski definition) is 5. The summed E-state index contributed by atoms with van der Waals surface area (Å²) in [5, 5.41) is 13.5. The van der Waals surface area contributed by atoms with Crippen molar-refractivity contribution >= 4 is 11.7 Å². The van der Waals surface area contributed by atoms with Crippen LogP contribution in [0.3, 0.4) is 0 Å². The molecule has 0 bridgehead atoms. The maximum atomic E-state index is 12.4. The molecule has 21 heavy (non-hydrogen) atoms. The van der Waals surface area contributed by atoms with Crippen molar-refractivity contribution < 1.29 is 17.6 Å². The third-order valence-corrected chi connectivity index (χ3v) is 2.63. The van der Waals surface area contributed by atoms with Gasteiger partial charge < -0.3 is 15.1 Å². The zero-order valence-corrected chi connectivity index (χ0v) is 11.4. The summed E-state index contributed by atoms with van der Waals surface area (Å²) in [7, 11) is 0. The van der Waals surface area contributed by atoms with E-state index in [9.17, 15) is 13.2 Å². The van der Waals surface area contributed by atoms with Crippen LogP contribution in [-0.4, -0.2) is 16.7 Å². The van der Waals surface area contributed by atoms with Gasteiger partial charge in [0.1, 0.15) is 0 Å². The fraction of sp³-hybridized carbons (Fsp3) is 0.385. The van der Waals surface area contributed by atoms with E-state index >= 15 is 0 Å². The zero-order chi connectivity index (χ0) is 15.3. The Balaban J connectivity index is 1.95. The molecule has 1 aromatic carbocycles. The van der Waals surface area contributed by atoms with Crippen molar-refractivity contribution in [3.8, 4) is 0 Å². The van der Waals surface area contributed by atoms with Crippen molar-refractivity contribution in [2.75, 3.05) is 11.9 Å². The lowest BCUT2D eigenvalue weighted by atomic mass is 10.2. The summed E-state index contributed by atoms with van der Waals surface area (Å²) in [6, 6.07) is 4.73. The van der Waals surface area contributed by atoms with Gasteiger partial charge in [0.15, 0.2) is 0 Å². The molecule has 0 fully saturated rings. The van der Waals surface area contributed by atoms with Crippen LogP contribution in [0, 0.1) is 0 Å². The number of alkyl halides is 3. The molecule has 1 aromatic heterocycles. The normalized spacial score (nSPS) is 11.6. The number of hydrogen-bond donors (Lipinski definition) is 2. The Labute approximate surface area is 119 Å². The SMILES string of the molecule is CCCNCc1nnc(Nc2ccc(C(F)(F)F)cc2)o1. The smallest absolute Gasteiger partial charge is 0.406 e. The molecule has 0 saturated heterocycles. The average molecular weight is 300 g/mol. The van der Waals surface area contributed by atoms with Crippen molar-refractivity contribution in [1.82, 2.24) is 15.5 Å². The van der Waals surface area contributed by atoms with Crippen LogP contribution in [0.1, 0.15) is 24.8 Å². The number of aromatic nitrogens is 2. The summed E-state index contributed by atoms with van der Waals surface area (Å²) < 4.78 is 42.6. The summed E-state index contributed by atoms with van der Waals surface area (Å²) in [4.78, 5) is 0. The Bertz CT molecular complexity index is 566. The van der Waals surface area contributed by atoms with Crippen LogP contribution in [0.4, 0.5) is 24.9 Å². The first kappa shape index (κ1) is 15.3. The minimum atomic E-state index is -4.35. The van der Waals surface area contributed by atoms with Crippen molar-refractivity contribution in [3.05, 3.63) is 35.7 Å². The Morgan fingerprint density at radius 1 is 1.14 bits per heavy atom. The van der Waals surface area contributed by atoms with E-state index in [0.29, 0.717) is 18.1 Å². The Hall–Kier alpha value is -2.09. The molecule has 0 saturated carbocycles.